The molecular formula is C13H12ClN3OS. The fourth-order valence-corrected chi connectivity index (χ4v) is 2.39. The van der Waals surface area contributed by atoms with Gasteiger partial charge in [0.2, 0.25) is 0 Å². The van der Waals surface area contributed by atoms with Crippen LogP contribution in [0.25, 0.3) is 17.0 Å². The number of hydrogen-bond donors (Lipinski definition) is 2. The van der Waals surface area contributed by atoms with Gasteiger partial charge in [-0.2, -0.15) is 0 Å². The molecule has 0 unspecified atom stereocenters. The van der Waals surface area contributed by atoms with E-state index in [0.29, 0.717) is 15.8 Å². The van der Waals surface area contributed by atoms with E-state index < -0.39 is 5.91 Å². The Kier molecular flexibility index (Phi) is 4.42. The molecule has 6 heteroatoms. The molecule has 1 aromatic carbocycles. The van der Waals surface area contributed by atoms with Crippen LogP contribution in [0.3, 0.4) is 0 Å². The highest BCUT2D eigenvalue weighted by molar-refractivity contribution is 8.04. The second-order valence-corrected chi connectivity index (χ2v) is 5.22. The van der Waals surface area contributed by atoms with E-state index in [0.717, 1.165) is 16.5 Å². The first kappa shape index (κ1) is 13.9. The molecule has 98 valence electrons. The van der Waals surface area contributed by atoms with Crippen molar-refractivity contribution in [3.63, 3.8) is 0 Å². The molecule has 2 aromatic rings. The highest BCUT2D eigenvalue weighted by atomic mass is 35.5. The van der Waals surface area contributed by atoms with Gasteiger partial charge in [-0.25, -0.2) is 0 Å². The number of amides is 1. The summed E-state index contributed by atoms with van der Waals surface area (Å²) < 4.78 is 0. The predicted molar refractivity (Wildman–Crippen MR) is 80.6 cm³/mol. The van der Waals surface area contributed by atoms with Crippen LogP contribution in [0.15, 0.2) is 35.4 Å². The van der Waals surface area contributed by atoms with Gasteiger partial charge in [-0.3, -0.25) is 9.78 Å². The number of hydrogen-bond acceptors (Lipinski definition) is 4. The molecule has 4 N–H and O–H groups in total. The summed E-state index contributed by atoms with van der Waals surface area (Å²) in [6.07, 6.45) is 3.35. The fourth-order valence-electron chi connectivity index (χ4n) is 1.65. The molecule has 1 aromatic heterocycles. The van der Waals surface area contributed by atoms with E-state index in [1.165, 1.54) is 11.8 Å². The lowest BCUT2D eigenvalue weighted by Crippen LogP contribution is -2.13. The van der Waals surface area contributed by atoms with Gasteiger partial charge >= 0.3 is 0 Å². The third-order valence-electron chi connectivity index (χ3n) is 2.49. The Morgan fingerprint density at radius 3 is 2.89 bits per heavy atom. The summed E-state index contributed by atoms with van der Waals surface area (Å²) in [6.45, 7) is 0. The van der Waals surface area contributed by atoms with E-state index in [2.05, 4.69) is 4.98 Å². The Bertz CT molecular complexity index is 657. The zero-order chi connectivity index (χ0) is 13.8. The van der Waals surface area contributed by atoms with Crippen LogP contribution in [-0.4, -0.2) is 16.8 Å². The standard InChI is InChI=1S/C13H12ClN3OS/c14-10-3-4-17-11-2-1-8(5-9(10)11)6-12(13(16)18)19-7-15/h1-6H,7,15H2,(H2,16,18)/b12-6-. The first-order chi connectivity index (χ1) is 9.11. The van der Waals surface area contributed by atoms with Gasteiger partial charge in [0.15, 0.2) is 0 Å². The van der Waals surface area contributed by atoms with Crippen molar-refractivity contribution in [2.24, 2.45) is 11.5 Å². The van der Waals surface area contributed by atoms with Crippen molar-refractivity contribution >= 4 is 46.2 Å². The van der Waals surface area contributed by atoms with Crippen molar-refractivity contribution in [1.29, 1.82) is 0 Å². The molecular weight excluding hydrogens is 282 g/mol. The van der Waals surface area contributed by atoms with Crippen molar-refractivity contribution in [1.82, 2.24) is 4.98 Å². The quantitative estimate of drug-likeness (QED) is 0.670. The number of carbonyl (C=O) groups excluding carboxylic acids is 1. The SMILES string of the molecule is NCS/C(=C\c1ccc2nccc(Cl)c2c1)C(N)=O. The zero-order valence-electron chi connectivity index (χ0n) is 9.97. The minimum absolute atomic E-state index is 0.296. The average molecular weight is 294 g/mol. The van der Waals surface area contributed by atoms with Gasteiger partial charge in [0.05, 0.1) is 15.4 Å². The molecule has 0 saturated heterocycles. The summed E-state index contributed by atoms with van der Waals surface area (Å²) in [6, 6.07) is 7.29. The van der Waals surface area contributed by atoms with Gasteiger partial charge in [-0.15, -0.1) is 11.8 Å². The van der Waals surface area contributed by atoms with Gasteiger partial charge in [0.1, 0.15) is 0 Å². The Morgan fingerprint density at radius 2 is 2.21 bits per heavy atom. The van der Waals surface area contributed by atoms with Crippen LogP contribution in [0.1, 0.15) is 5.56 Å². The highest BCUT2D eigenvalue weighted by Gasteiger charge is 2.06. The molecule has 0 atom stereocenters. The lowest BCUT2D eigenvalue weighted by Gasteiger charge is -2.03. The molecule has 0 aliphatic rings. The molecule has 0 saturated carbocycles. The zero-order valence-corrected chi connectivity index (χ0v) is 11.5. The first-order valence-electron chi connectivity index (χ1n) is 5.50. The van der Waals surface area contributed by atoms with Crippen molar-refractivity contribution in [3.8, 4) is 0 Å². The second-order valence-electron chi connectivity index (χ2n) is 3.75. The van der Waals surface area contributed by atoms with E-state index in [9.17, 15) is 4.79 Å². The van der Waals surface area contributed by atoms with E-state index in [1.807, 2.05) is 18.2 Å². The van der Waals surface area contributed by atoms with Crippen molar-refractivity contribution in [2.75, 3.05) is 5.88 Å². The first-order valence-corrected chi connectivity index (χ1v) is 6.87. The van der Waals surface area contributed by atoms with Gasteiger partial charge in [-0.1, -0.05) is 17.7 Å². The number of aromatic nitrogens is 1. The molecule has 1 heterocycles. The summed E-state index contributed by atoms with van der Waals surface area (Å²) in [5.74, 6) is -0.196. The minimum atomic E-state index is -0.493. The lowest BCUT2D eigenvalue weighted by atomic mass is 10.1. The lowest BCUT2D eigenvalue weighted by molar-refractivity contribution is -0.113. The van der Waals surface area contributed by atoms with Crippen molar-refractivity contribution in [2.45, 2.75) is 0 Å². The smallest absolute Gasteiger partial charge is 0.255 e. The molecule has 0 radical (unpaired) electrons. The van der Waals surface area contributed by atoms with Crippen LogP contribution in [0.5, 0.6) is 0 Å². The third kappa shape index (κ3) is 3.26. The molecule has 0 fully saturated rings. The van der Waals surface area contributed by atoms with E-state index in [-0.39, 0.29) is 0 Å². The van der Waals surface area contributed by atoms with Crippen LogP contribution in [0, 0.1) is 0 Å². The van der Waals surface area contributed by atoms with Gasteiger partial charge in [-0.05, 0) is 29.8 Å². The van der Waals surface area contributed by atoms with Gasteiger partial charge < -0.3 is 11.5 Å². The third-order valence-corrected chi connectivity index (χ3v) is 3.62. The van der Waals surface area contributed by atoms with E-state index in [1.54, 1.807) is 18.3 Å². The summed E-state index contributed by atoms with van der Waals surface area (Å²) in [4.78, 5) is 15.9. The minimum Gasteiger partial charge on any atom is -0.365 e. The molecule has 19 heavy (non-hydrogen) atoms. The number of rotatable bonds is 4. The second kappa shape index (κ2) is 6.06. The summed E-state index contributed by atoms with van der Waals surface area (Å²) in [5, 5.41) is 1.45. The molecule has 0 spiro atoms. The summed E-state index contributed by atoms with van der Waals surface area (Å²) in [5.41, 5.74) is 12.3. The largest absolute Gasteiger partial charge is 0.365 e. The Morgan fingerprint density at radius 1 is 1.42 bits per heavy atom. The van der Waals surface area contributed by atoms with Crippen LogP contribution in [0.2, 0.25) is 5.02 Å². The van der Waals surface area contributed by atoms with E-state index >= 15 is 0 Å². The molecule has 0 aliphatic heterocycles. The molecule has 0 bridgehead atoms. The van der Waals surface area contributed by atoms with Crippen LogP contribution in [0.4, 0.5) is 0 Å². The van der Waals surface area contributed by atoms with Crippen LogP contribution >= 0.6 is 23.4 Å². The number of thioether (sulfide) groups is 1. The highest BCUT2D eigenvalue weighted by Crippen LogP contribution is 2.25. The molecule has 0 aliphatic carbocycles. The Hall–Kier alpha value is -1.56. The number of benzene rings is 1. The normalized spacial score (nSPS) is 11.8. The number of primary amides is 1. The summed E-state index contributed by atoms with van der Waals surface area (Å²) >= 11 is 7.32. The maximum Gasteiger partial charge on any atom is 0.255 e. The summed E-state index contributed by atoms with van der Waals surface area (Å²) in [7, 11) is 0. The number of halogens is 1. The number of pyridine rings is 1. The Labute approximate surface area is 119 Å². The van der Waals surface area contributed by atoms with Gasteiger partial charge in [0, 0.05) is 17.5 Å². The monoisotopic (exact) mass is 293 g/mol. The van der Waals surface area contributed by atoms with Crippen LogP contribution < -0.4 is 11.5 Å². The number of nitrogens with zero attached hydrogens (tertiary/aromatic N) is 1. The maximum absolute atomic E-state index is 11.3. The topological polar surface area (TPSA) is 82.0 Å². The predicted octanol–water partition coefficient (Wildman–Crippen LogP) is 2.36. The number of nitrogens with two attached hydrogens (primary N) is 2. The molecule has 4 nitrogen and oxygen atoms in total. The Balaban J connectivity index is 2.48. The van der Waals surface area contributed by atoms with Crippen LogP contribution in [-0.2, 0) is 4.79 Å². The number of fused-ring (bicyclic) bond motifs is 1. The molecule has 2 rings (SSSR count). The van der Waals surface area contributed by atoms with Crippen molar-refractivity contribution < 1.29 is 4.79 Å². The van der Waals surface area contributed by atoms with E-state index in [4.69, 9.17) is 23.1 Å². The molecule has 1 amide bonds. The maximum atomic E-state index is 11.3. The average Bonchev–Trinajstić information content (AvgIpc) is 2.39. The number of carbonyl (C=O) groups is 1. The fraction of sp³-hybridized carbons (Fsp3) is 0.0769. The van der Waals surface area contributed by atoms with Crippen molar-refractivity contribution in [3.05, 3.63) is 46.0 Å². The van der Waals surface area contributed by atoms with Gasteiger partial charge in [0.25, 0.3) is 5.91 Å².